The van der Waals surface area contributed by atoms with Crippen LogP contribution in [0.2, 0.25) is 10.0 Å². The summed E-state index contributed by atoms with van der Waals surface area (Å²) in [4.78, 5) is 20.4. The number of aromatic nitrogens is 3. The van der Waals surface area contributed by atoms with Gasteiger partial charge in [0.25, 0.3) is 0 Å². The van der Waals surface area contributed by atoms with Gasteiger partial charge in [-0.15, -0.1) is 0 Å². The van der Waals surface area contributed by atoms with E-state index in [1.807, 2.05) is 34.8 Å². The normalized spacial score (nSPS) is 14.4. The van der Waals surface area contributed by atoms with Crippen LogP contribution in [0.25, 0.3) is 11.1 Å². The van der Waals surface area contributed by atoms with Crippen molar-refractivity contribution in [2.24, 2.45) is 0 Å². The molecule has 0 atom stereocenters. The van der Waals surface area contributed by atoms with Crippen molar-refractivity contribution in [2.45, 2.75) is 25.3 Å². The number of nitrogen functional groups attached to an aromatic ring is 1. The molecule has 1 aromatic carbocycles. The van der Waals surface area contributed by atoms with Crippen LogP contribution < -0.4 is 10.5 Å². The van der Waals surface area contributed by atoms with E-state index in [9.17, 15) is 9.18 Å². The van der Waals surface area contributed by atoms with Gasteiger partial charge in [0.1, 0.15) is 5.82 Å². The molecule has 1 aliphatic rings. The number of nitrogens with two attached hydrogens (primary N) is 1. The van der Waals surface area contributed by atoms with E-state index < -0.39 is 5.82 Å². The molecule has 0 unspecified atom stereocenters. The maximum absolute atomic E-state index is 13.8. The van der Waals surface area contributed by atoms with Gasteiger partial charge in [-0.25, -0.2) is 9.37 Å². The van der Waals surface area contributed by atoms with Crippen molar-refractivity contribution in [1.29, 1.82) is 0 Å². The topological polar surface area (TPSA) is 89.5 Å². The standard InChI is InChI=1S/C25H29Cl2FN6O2/c1-32(2)15-23(35)33-8-5-18(6-9-33)34-14-17(13-31-34)16-11-22(25(29)30-12-16)36-10-7-19-20(26)3-4-21(28)24(19)27/h3-4,11-14,18H,5-10,15H2,1-2H3,(H2,29,30). The first-order valence-electron chi connectivity index (χ1n) is 11.7. The smallest absolute Gasteiger partial charge is 0.236 e. The van der Waals surface area contributed by atoms with Crippen molar-refractivity contribution in [3.8, 4) is 16.9 Å². The number of hydrogen-bond acceptors (Lipinski definition) is 6. The molecule has 192 valence electrons. The zero-order valence-corrected chi connectivity index (χ0v) is 21.8. The number of amides is 1. The number of hydrogen-bond donors (Lipinski definition) is 1. The second kappa shape index (κ2) is 11.5. The van der Waals surface area contributed by atoms with E-state index in [0.717, 1.165) is 24.0 Å². The fourth-order valence-electron chi connectivity index (χ4n) is 4.23. The molecule has 2 aromatic heterocycles. The van der Waals surface area contributed by atoms with Crippen molar-refractivity contribution in [1.82, 2.24) is 24.6 Å². The van der Waals surface area contributed by atoms with E-state index in [4.69, 9.17) is 33.7 Å². The highest BCUT2D eigenvalue weighted by Gasteiger charge is 2.24. The van der Waals surface area contributed by atoms with Crippen molar-refractivity contribution < 1.29 is 13.9 Å². The number of carbonyl (C=O) groups excluding carboxylic acids is 1. The van der Waals surface area contributed by atoms with Crippen LogP contribution in [0.5, 0.6) is 5.75 Å². The van der Waals surface area contributed by atoms with Gasteiger partial charge in [0, 0.05) is 48.1 Å². The molecule has 0 aliphatic carbocycles. The third kappa shape index (κ3) is 6.08. The first kappa shape index (κ1) is 26.2. The summed E-state index contributed by atoms with van der Waals surface area (Å²) in [6, 6.07) is 4.73. The number of halogens is 3. The highest BCUT2D eigenvalue weighted by Crippen LogP contribution is 2.31. The lowest BCUT2D eigenvalue weighted by atomic mass is 10.1. The SMILES string of the molecule is CN(C)CC(=O)N1CCC(n2cc(-c3cnc(N)c(OCCc4c(Cl)ccc(F)c4Cl)c3)cn2)CC1. The molecular weight excluding hydrogens is 506 g/mol. The van der Waals surface area contributed by atoms with Gasteiger partial charge in [-0.1, -0.05) is 23.2 Å². The first-order valence-corrected chi connectivity index (χ1v) is 12.5. The zero-order chi connectivity index (χ0) is 25.8. The second-order valence-electron chi connectivity index (χ2n) is 9.09. The Bertz CT molecular complexity index is 1230. The summed E-state index contributed by atoms with van der Waals surface area (Å²) in [7, 11) is 3.79. The number of piperidine rings is 1. The van der Waals surface area contributed by atoms with Crippen LogP contribution in [0.4, 0.5) is 10.2 Å². The fraction of sp³-hybridized carbons (Fsp3) is 0.400. The summed E-state index contributed by atoms with van der Waals surface area (Å²) >= 11 is 12.2. The van der Waals surface area contributed by atoms with Crippen LogP contribution in [0, 0.1) is 5.82 Å². The van der Waals surface area contributed by atoms with Crippen molar-refractivity contribution in [3.63, 3.8) is 0 Å². The number of nitrogens with zero attached hydrogens (tertiary/aromatic N) is 5. The summed E-state index contributed by atoms with van der Waals surface area (Å²) in [5.74, 6) is 0.290. The Morgan fingerprint density at radius 3 is 2.69 bits per heavy atom. The van der Waals surface area contributed by atoms with Gasteiger partial charge < -0.3 is 20.3 Å². The predicted molar refractivity (Wildman–Crippen MR) is 139 cm³/mol. The molecule has 0 radical (unpaired) electrons. The lowest BCUT2D eigenvalue weighted by molar-refractivity contribution is -0.133. The molecule has 1 amide bonds. The maximum atomic E-state index is 13.8. The minimum atomic E-state index is -0.526. The minimum absolute atomic E-state index is 0.00809. The Balaban J connectivity index is 1.38. The lowest BCUT2D eigenvalue weighted by Gasteiger charge is -2.32. The minimum Gasteiger partial charge on any atom is -0.489 e. The average Bonchev–Trinajstić information content (AvgIpc) is 3.35. The van der Waals surface area contributed by atoms with Gasteiger partial charge in [0.2, 0.25) is 5.91 Å². The molecule has 0 spiro atoms. The third-order valence-corrected chi connectivity index (χ3v) is 6.97. The quantitative estimate of drug-likeness (QED) is 0.433. The molecule has 3 aromatic rings. The predicted octanol–water partition coefficient (Wildman–Crippen LogP) is 4.32. The molecule has 11 heteroatoms. The van der Waals surface area contributed by atoms with E-state index in [1.54, 1.807) is 18.5 Å². The average molecular weight is 535 g/mol. The summed E-state index contributed by atoms with van der Waals surface area (Å²) in [5, 5.41) is 4.93. The Morgan fingerprint density at radius 1 is 1.22 bits per heavy atom. The summed E-state index contributed by atoms with van der Waals surface area (Å²) in [6.07, 6.45) is 7.44. The summed E-state index contributed by atoms with van der Waals surface area (Å²) < 4.78 is 21.6. The van der Waals surface area contributed by atoms with Crippen LogP contribution in [0.1, 0.15) is 24.4 Å². The van der Waals surface area contributed by atoms with Crippen LogP contribution in [0.15, 0.2) is 36.8 Å². The van der Waals surface area contributed by atoms with Gasteiger partial charge in [-0.3, -0.25) is 9.48 Å². The number of likely N-dealkylation sites (N-methyl/N-ethyl adjacent to an activating group) is 1. The van der Waals surface area contributed by atoms with E-state index in [-0.39, 0.29) is 29.4 Å². The van der Waals surface area contributed by atoms with Crippen LogP contribution in [-0.4, -0.2) is 70.8 Å². The van der Waals surface area contributed by atoms with Crippen LogP contribution >= 0.6 is 23.2 Å². The molecule has 1 aliphatic heterocycles. The molecule has 8 nitrogen and oxygen atoms in total. The molecule has 4 rings (SSSR count). The molecule has 1 fully saturated rings. The van der Waals surface area contributed by atoms with Gasteiger partial charge in [0.05, 0.1) is 30.4 Å². The third-order valence-electron chi connectivity index (χ3n) is 6.21. The van der Waals surface area contributed by atoms with Crippen LogP contribution in [0.3, 0.4) is 0 Å². The number of likely N-dealkylation sites (tertiary alicyclic amines) is 1. The number of carbonyl (C=O) groups is 1. The van der Waals surface area contributed by atoms with E-state index >= 15 is 0 Å². The van der Waals surface area contributed by atoms with Gasteiger partial charge in [-0.2, -0.15) is 5.10 Å². The monoisotopic (exact) mass is 534 g/mol. The fourth-order valence-corrected chi connectivity index (χ4v) is 4.79. The Labute approximate surface area is 219 Å². The Hall–Kier alpha value is -2.88. The number of benzene rings is 1. The molecule has 3 heterocycles. The molecule has 2 N–H and O–H groups in total. The van der Waals surface area contributed by atoms with Crippen molar-refractivity contribution in [3.05, 3.63) is 58.2 Å². The summed E-state index contributed by atoms with van der Waals surface area (Å²) in [5.41, 5.74) is 8.19. The maximum Gasteiger partial charge on any atom is 0.236 e. The van der Waals surface area contributed by atoms with Gasteiger partial charge in [0.15, 0.2) is 11.6 Å². The Kier molecular flexibility index (Phi) is 8.33. The van der Waals surface area contributed by atoms with Crippen LogP contribution in [-0.2, 0) is 11.2 Å². The highest BCUT2D eigenvalue weighted by atomic mass is 35.5. The number of anilines is 1. The van der Waals surface area contributed by atoms with Crippen molar-refractivity contribution in [2.75, 3.05) is 46.1 Å². The number of pyridine rings is 1. The Morgan fingerprint density at radius 2 is 1.97 bits per heavy atom. The zero-order valence-electron chi connectivity index (χ0n) is 20.3. The molecule has 1 saturated heterocycles. The van der Waals surface area contributed by atoms with Gasteiger partial charge >= 0.3 is 0 Å². The lowest BCUT2D eigenvalue weighted by Crippen LogP contribution is -2.43. The van der Waals surface area contributed by atoms with E-state index in [1.165, 1.54) is 12.1 Å². The molecule has 0 saturated carbocycles. The van der Waals surface area contributed by atoms with Crippen molar-refractivity contribution >= 4 is 34.9 Å². The number of ether oxygens (including phenoxy) is 1. The largest absolute Gasteiger partial charge is 0.489 e. The summed E-state index contributed by atoms with van der Waals surface area (Å²) in [6.45, 7) is 2.05. The van der Waals surface area contributed by atoms with Gasteiger partial charge in [-0.05, 0) is 50.7 Å². The van der Waals surface area contributed by atoms with E-state index in [2.05, 4.69) is 10.1 Å². The molecule has 0 bridgehead atoms. The molecule has 36 heavy (non-hydrogen) atoms. The van der Waals surface area contributed by atoms with E-state index in [0.29, 0.717) is 42.4 Å². The highest BCUT2D eigenvalue weighted by molar-refractivity contribution is 6.36. The first-order chi connectivity index (χ1) is 17.2. The number of rotatable bonds is 8. The molecular formula is C25H29Cl2FN6O2. The second-order valence-corrected chi connectivity index (χ2v) is 9.87.